The van der Waals surface area contributed by atoms with Crippen LogP contribution in [0.1, 0.15) is 24.4 Å². The molecule has 1 fully saturated rings. The molecule has 2 atom stereocenters. The van der Waals surface area contributed by atoms with Gasteiger partial charge in [-0.1, -0.05) is 36.4 Å². The Morgan fingerprint density at radius 1 is 1.28 bits per heavy atom. The van der Waals surface area contributed by atoms with E-state index in [-0.39, 0.29) is 18.1 Å². The van der Waals surface area contributed by atoms with Crippen LogP contribution in [0.4, 0.5) is 5.69 Å². The molecule has 0 unspecified atom stereocenters. The summed E-state index contributed by atoms with van der Waals surface area (Å²) in [4.78, 5) is 12.9. The molecule has 2 aromatic rings. The quantitative estimate of drug-likeness (QED) is 0.811. The number of nitrogens with one attached hydrogen (secondary N) is 1. The van der Waals surface area contributed by atoms with Crippen molar-refractivity contribution in [1.82, 2.24) is 0 Å². The third-order valence-electron chi connectivity index (χ3n) is 4.44. The Morgan fingerprint density at radius 2 is 2.12 bits per heavy atom. The molecule has 5 nitrogen and oxygen atoms in total. The second-order valence-corrected chi connectivity index (χ2v) is 6.22. The van der Waals surface area contributed by atoms with E-state index in [1.165, 1.54) is 0 Å². The molecule has 3 N–H and O–H groups in total. The number of hydrogen-bond donors (Lipinski definition) is 2. The molecule has 1 amide bonds. The normalized spacial score (nSPS) is 17.9. The van der Waals surface area contributed by atoms with Crippen molar-refractivity contribution < 1.29 is 19.6 Å². The van der Waals surface area contributed by atoms with E-state index < -0.39 is 0 Å². The van der Waals surface area contributed by atoms with Crippen LogP contribution in [0.15, 0.2) is 54.6 Å². The van der Waals surface area contributed by atoms with E-state index in [4.69, 9.17) is 9.47 Å². The number of rotatable bonds is 7. The van der Waals surface area contributed by atoms with Crippen molar-refractivity contribution in [2.75, 3.05) is 25.6 Å². The molecule has 0 radical (unpaired) electrons. The zero-order valence-electron chi connectivity index (χ0n) is 14.5. The maximum absolute atomic E-state index is 12.9. The van der Waals surface area contributed by atoms with Crippen LogP contribution >= 0.6 is 0 Å². The molecule has 0 saturated carbocycles. The van der Waals surface area contributed by atoms with Gasteiger partial charge in [-0.3, -0.25) is 4.79 Å². The number of quaternary nitrogens is 1. The summed E-state index contributed by atoms with van der Waals surface area (Å²) in [6.07, 6.45) is 2.40. The lowest BCUT2D eigenvalue weighted by Gasteiger charge is -2.18. The number of nitrogens with two attached hydrogens (primary N) is 1. The Hall–Kier alpha value is -2.37. The first kappa shape index (κ1) is 17.5. The number of hydrogen-bond acceptors (Lipinski definition) is 3. The van der Waals surface area contributed by atoms with Gasteiger partial charge in [0, 0.05) is 23.9 Å². The zero-order valence-corrected chi connectivity index (χ0v) is 14.5. The van der Waals surface area contributed by atoms with Crippen LogP contribution in [0.25, 0.3) is 0 Å². The zero-order chi connectivity index (χ0) is 17.5. The van der Waals surface area contributed by atoms with Crippen LogP contribution in [-0.2, 0) is 9.53 Å². The van der Waals surface area contributed by atoms with Crippen LogP contribution in [0.2, 0.25) is 0 Å². The SMILES string of the molecule is COc1cccc(NC(=O)[C@H]([NH2+]C[C@H]2CCCO2)c2ccccc2)c1. The summed E-state index contributed by atoms with van der Waals surface area (Å²) in [7, 11) is 1.61. The molecule has 5 heteroatoms. The Morgan fingerprint density at radius 3 is 2.84 bits per heavy atom. The van der Waals surface area contributed by atoms with Crippen molar-refractivity contribution in [2.45, 2.75) is 25.0 Å². The van der Waals surface area contributed by atoms with Crippen molar-refractivity contribution in [3.05, 3.63) is 60.2 Å². The molecular formula is C20H25N2O3+. The van der Waals surface area contributed by atoms with Gasteiger partial charge in [0.25, 0.3) is 5.91 Å². The van der Waals surface area contributed by atoms with Gasteiger partial charge < -0.3 is 20.1 Å². The number of carbonyl (C=O) groups excluding carboxylic acids is 1. The van der Waals surface area contributed by atoms with E-state index in [1.807, 2.05) is 54.6 Å². The Balaban J connectivity index is 1.71. The minimum absolute atomic E-state index is 0.0440. The Labute approximate surface area is 148 Å². The van der Waals surface area contributed by atoms with Crippen LogP contribution in [-0.4, -0.2) is 32.3 Å². The van der Waals surface area contributed by atoms with Crippen molar-refractivity contribution in [2.24, 2.45) is 0 Å². The van der Waals surface area contributed by atoms with Crippen LogP contribution in [0, 0.1) is 0 Å². The third kappa shape index (κ3) is 4.81. The first-order valence-corrected chi connectivity index (χ1v) is 8.71. The fraction of sp³-hybridized carbons (Fsp3) is 0.350. The van der Waals surface area contributed by atoms with Crippen molar-refractivity contribution in [3.63, 3.8) is 0 Å². The molecule has 2 aromatic carbocycles. The minimum Gasteiger partial charge on any atom is -0.497 e. The molecule has 132 valence electrons. The summed E-state index contributed by atoms with van der Waals surface area (Å²) in [5.41, 5.74) is 1.72. The summed E-state index contributed by atoms with van der Waals surface area (Å²) in [5, 5.41) is 5.07. The highest BCUT2D eigenvalue weighted by atomic mass is 16.5. The average Bonchev–Trinajstić information content (AvgIpc) is 3.16. The molecule has 1 aliphatic rings. The fourth-order valence-corrected chi connectivity index (χ4v) is 3.09. The monoisotopic (exact) mass is 341 g/mol. The number of anilines is 1. The highest BCUT2D eigenvalue weighted by Gasteiger charge is 2.27. The van der Waals surface area contributed by atoms with Crippen molar-refractivity contribution >= 4 is 11.6 Å². The summed E-state index contributed by atoms with van der Waals surface area (Å²) >= 11 is 0. The number of amides is 1. The van der Waals surface area contributed by atoms with E-state index in [2.05, 4.69) is 10.6 Å². The number of carbonyl (C=O) groups is 1. The molecule has 0 aliphatic carbocycles. The number of benzene rings is 2. The highest BCUT2D eigenvalue weighted by molar-refractivity contribution is 5.94. The Kier molecular flexibility index (Phi) is 6.04. The Bertz CT molecular complexity index is 684. The summed E-state index contributed by atoms with van der Waals surface area (Å²) < 4.78 is 10.9. The van der Waals surface area contributed by atoms with Gasteiger partial charge in [-0.05, 0) is 25.0 Å². The lowest BCUT2D eigenvalue weighted by Crippen LogP contribution is -2.89. The lowest BCUT2D eigenvalue weighted by atomic mass is 10.1. The maximum Gasteiger partial charge on any atom is 0.287 e. The number of methoxy groups -OCH3 is 1. The van der Waals surface area contributed by atoms with Gasteiger partial charge in [0.1, 0.15) is 18.4 Å². The summed E-state index contributed by atoms with van der Waals surface area (Å²) in [6, 6.07) is 16.9. The molecule has 1 aliphatic heterocycles. The largest absolute Gasteiger partial charge is 0.497 e. The third-order valence-corrected chi connectivity index (χ3v) is 4.44. The van der Waals surface area contributed by atoms with Gasteiger partial charge >= 0.3 is 0 Å². The van der Waals surface area contributed by atoms with Crippen molar-refractivity contribution in [1.29, 1.82) is 0 Å². The lowest BCUT2D eigenvalue weighted by molar-refractivity contribution is -0.687. The first-order valence-electron chi connectivity index (χ1n) is 8.71. The topological polar surface area (TPSA) is 64.2 Å². The molecule has 3 rings (SSSR count). The summed E-state index contributed by atoms with van der Waals surface area (Å²) in [5.74, 6) is 0.676. The van der Waals surface area contributed by atoms with Gasteiger partial charge in [0.15, 0.2) is 6.04 Å². The molecule has 0 bridgehead atoms. The van der Waals surface area contributed by atoms with E-state index in [0.717, 1.165) is 43.0 Å². The fourth-order valence-electron chi connectivity index (χ4n) is 3.09. The standard InChI is InChI=1S/C20H24N2O3/c1-24-17-10-5-9-16(13-17)22-20(23)19(15-7-3-2-4-8-15)21-14-18-11-6-12-25-18/h2-5,7-10,13,18-19,21H,6,11-12,14H2,1H3,(H,22,23)/p+1/t18-,19-/m1/s1. The van der Waals surface area contributed by atoms with Gasteiger partial charge in [0.05, 0.1) is 7.11 Å². The van der Waals surface area contributed by atoms with Gasteiger partial charge in [0.2, 0.25) is 0 Å². The van der Waals surface area contributed by atoms with Crippen LogP contribution < -0.4 is 15.4 Å². The first-order chi connectivity index (χ1) is 12.3. The highest BCUT2D eigenvalue weighted by Crippen LogP contribution is 2.19. The number of ether oxygens (including phenoxy) is 2. The predicted molar refractivity (Wildman–Crippen MR) is 96.6 cm³/mol. The second-order valence-electron chi connectivity index (χ2n) is 6.22. The summed E-state index contributed by atoms with van der Waals surface area (Å²) in [6.45, 7) is 1.61. The predicted octanol–water partition coefficient (Wildman–Crippen LogP) is 2.12. The smallest absolute Gasteiger partial charge is 0.287 e. The molecule has 1 heterocycles. The minimum atomic E-state index is -0.309. The van der Waals surface area contributed by atoms with E-state index in [9.17, 15) is 4.79 Å². The van der Waals surface area contributed by atoms with Gasteiger partial charge in [-0.2, -0.15) is 0 Å². The molecule has 1 saturated heterocycles. The van der Waals surface area contributed by atoms with E-state index >= 15 is 0 Å². The second kappa shape index (κ2) is 8.65. The molecule has 0 aromatic heterocycles. The molecule has 0 spiro atoms. The molecule has 25 heavy (non-hydrogen) atoms. The average molecular weight is 341 g/mol. The van der Waals surface area contributed by atoms with Crippen LogP contribution in [0.5, 0.6) is 5.75 Å². The van der Waals surface area contributed by atoms with Gasteiger partial charge in [-0.25, -0.2) is 0 Å². The van der Waals surface area contributed by atoms with Gasteiger partial charge in [-0.15, -0.1) is 0 Å². The van der Waals surface area contributed by atoms with E-state index in [1.54, 1.807) is 7.11 Å². The maximum atomic E-state index is 12.9. The molecular weight excluding hydrogens is 316 g/mol. The van der Waals surface area contributed by atoms with E-state index in [0.29, 0.717) is 0 Å². The van der Waals surface area contributed by atoms with Crippen LogP contribution in [0.3, 0.4) is 0 Å². The van der Waals surface area contributed by atoms with Crippen molar-refractivity contribution in [3.8, 4) is 5.75 Å².